The minimum atomic E-state index is 0.101. The number of unbranched alkanes of at least 4 members (excludes halogenated alkanes) is 1. The molecule has 33 heavy (non-hydrogen) atoms. The first kappa shape index (κ1) is 25.2. The van der Waals surface area contributed by atoms with Crippen LogP contribution in [-0.4, -0.2) is 45.3 Å². The maximum absolute atomic E-state index is 13.4. The summed E-state index contributed by atoms with van der Waals surface area (Å²) < 4.78 is 3.94. The van der Waals surface area contributed by atoms with Crippen LogP contribution in [0, 0.1) is 0 Å². The number of aromatic nitrogens is 2. The van der Waals surface area contributed by atoms with E-state index in [2.05, 4.69) is 54.4 Å². The maximum atomic E-state index is 13.4. The summed E-state index contributed by atoms with van der Waals surface area (Å²) in [6.07, 6.45) is 12.3. The van der Waals surface area contributed by atoms with Crippen LogP contribution < -0.4 is 16.7 Å². The standard InChI is InChI=1S/C26H39N5OS/c1-3-5-11-21(10-4-2)20-28-25(33)29-18-14-22(15-19-29)31-24-13-7-6-12-23(24)30(26(31)32)17-9-8-16-27/h5-7,10-13,22H,3-4,8-9,14-20,27H2,1-2H3,(H,28,33)/b11-5-,21-10+. The highest BCUT2D eigenvalue weighted by atomic mass is 32.1. The molecule has 0 radical (unpaired) electrons. The quantitative estimate of drug-likeness (QED) is 0.307. The first-order valence-corrected chi connectivity index (χ1v) is 12.8. The molecule has 1 aromatic carbocycles. The van der Waals surface area contributed by atoms with Crippen molar-refractivity contribution in [3.8, 4) is 0 Å². The third kappa shape index (κ3) is 6.36. The average Bonchev–Trinajstić information content (AvgIpc) is 3.12. The number of para-hydroxylation sites is 2. The fraction of sp³-hybridized carbons (Fsp3) is 0.538. The van der Waals surface area contributed by atoms with Gasteiger partial charge in [-0.15, -0.1) is 0 Å². The minimum absolute atomic E-state index is 0.101. The van der Waals surface area contributed by atoms with E-state index in [4.69, 9.17) is 18.0 Å². The van der Waals surface area contributed by atoms with E-state index in [1.165, 1.54) is 5.57 Å². The number of thiocarbonyl (C=S) groups is 1. The molecule has 180 valence electrons. The molecule has 0 aliphatic carbocycles. The predicted octanol–water partition coefficient (Wildman–Crippen LogP) is 4.36. The molecule has 1 fully saturated rings. The second kappa shape index (κ2) is 12.8. The minimum Gasteiger partial charge on any atom is -0.359 e. The Morgan fingerprint density at radius 2 is 1.88 bits per heavy atom. The van der Waals surface area contributed by atoms with Gasteiger partial charge in [-0.2, -0.15) is 0 Å². The summed E-state index contributed by atoms with van der Waals surface area (Å²) in [4.78, 5) is 15.6. The van der Waals surface area contributed by atoms with Gasteiger partial charge in [0.15, 0.2) is 5.11 Å². The van der Waals surface area contributed by atoms with Crippen molar-refractivity contribution >= 4 is 28.4 Å². The number of hydrogen-bond donors (Lipinski definition) is 2. The summed E-state index contributed by atoms with van der Waals surface area (Å²) in [5, 5.41) is 4.23. The summed E-state index contributed by atoms with van der Waals surface area (Å²) in [6, 6.07) is 8.35. The van der Waals surface area contributed by atoms with Crippen LogP contribution in [0.4, 0.5) is 0 Å². The molecule has 0 spiro atoms. The molecule has 3 rings (SSSR count). The van der Waals surface area contributed by atoms with E-state index in [0.717, 1.165) is 80.8 Å². The lowest BCUT2D eigenvalue weighted by Gasteiger charge is -2.34. The topological polar surface area (TPSA) is 68.2 Å². The number of nitrogens with zero attached hydrogens (tertiary/aromatic N) is 3. The third-order valence-electron chi connectivity index (χ3n) is 6.30. The molecule has 1 aliphatic rings. The lowest BCUT2D eigenvalue weighted by atomic mass is 10.0. The molecule has 1 saturated heterocycles. The van der Waals surface area contributed by atoms with E-state index in [9.17, 15) is 4.79 Å². The van der Waals surface area contributed by atoms with Crippen LogP contribution in [0.5, 0.6) is 0 Å². The SMILES string of the molecule is CC/C=C\C(=C/CC)CNC(=S)N1CCC(n2c(=O)n(CCCCN)c3ccccc32)CC1. The molecule has 0 saturated carbocycles. The number of aryl methyl sites for hydroxylation is 1. The maximum Gasteiger partial charge on any atom is 0.329 e. The highest BCUT2D eigenvalue weighted by molar-refractivity contribution is 7.80. The number of hydrogen-bond acceptors (Lipinski definition) is 3. The highest BCUT2D eigenvalue weighted by Gasteiger charge is 2.26. The lowest BCUT2D eigenvalue weighted by Crippen LogP contribution is -2.45. The van der Waals surface area contributed by atoms with E-state index < -0.39 is 0 Å². The molecular weight excluding hydrogens is 430 g/mol. The Hall–Kier alpha value is -2.38. The zero-order valence-corrected chi connectivity index (χ0v) is 20.9. The first-order valence-electron chi connectivity index (χ1n) is 12.4. The molecule has 7 heteroatoms. The lowest BCUT2D eigenvalue weighted by molar-refractivity contribution is 0.264. The van der Waals surface area contributed by atoms with Crippen LogP contribution in [0.2, 0.25) is 0 Å². The van der Waals surface area contributed by atoms with Gasteiger partial charge in [0, 0.05) is 32.2 Å². The number of benzene rings is 1. The van der Waals surface area contributed by atoms with E-state index in [-0.39, 0.29) is 11.7 Å². The van der Waals surface area contributed by atoms with Crippen LogP contribution in [-0.2, 0) is 6.54 Å². The second-order valence-electron chi connectivity index (χ2n) is 8.66. The zero-order chi connectivity index (χ0) is 23.6. The van der Waals surface area contributed by atoms with Gasteiger partial charge in [0.25, 0.3) is 0 Å². The van der Waals surface area contributed by atoms with Crippen LogP contribution in [0.1, 0.15) is 58.4 Å². The van der Waals surface area contributed by atoms with E-state index >= 15 is 0 Å². The number of imidazole rings is 1. The van der Waals surface area contributed by atoms with Crippen molar-refractivity contribution in [3.05, 3.63) is 58.6 Å². The molecule has 2 heterocycles. The summed E-state index contributed by atoms with van der Waals surface area (Å²) in [7, 11) is 0. The summed E-state index contributed by atoms with van der Waals surface area (Å²) in [6.45, 7) is 8.13. The number of likely N-dealkylation sites (tertiary alicyclic amines) is 1. The summed E-state index contributed by atoms with van der Waals surface area (Å²) in [5.74, 6) is 0. The molecule has 0 atom stereocenters. The average molecular weight is 470 g/mol. The fourth-order valence-electron chi connectivity index (χ4n) is 4.56. The van der Waals surface area contributed by atoms with Gasteiger partial charge in [-0.25, -0.2) is 4.79 Å². The van der Waals surface area contributed by atoms with Gasteiger partial charge >= 0.3 is 5.69 Å². The molecular formula is C26H39N5OS. The molecule has 1 aliphatic heterocycles. The summed E-state index contributed by atoms with van der Waals surface area (Å²) >= 11 is 5.69. The van der Waals surface area contributed by atoms with Gasteiger partial charge < -0.3 is 16.0 Å². The molecule has 3 N–H and O–H groups in total. The molecule has 0 amide bonds. The molecule has 0 unspecified atom stereocenters. The number of piperidine rings is 1. The van der Waals surface area contributed by atoms with Gasteiger partial charge in [0.1, 0.15) is 0 Å². The third-order valence-corrected chi connectivity index (χ3v) is 6.70. The number of fused-ring (bicyclic) bond motifs is 1. The normalized spacial score (nSPS) is 15.6. The Labute approximate surface area is 203 Å². The van der Waals surface area contributed by atoms with E-state index in [1.807, 2.05) is 21.3 Å². The van der Waals surface area contributed by atoms with Crippen molar-refractivity contribution in [2.24, 2.45) is 5.73 Å². The van der Waals surface area contributed by atoms with E-state index in [0.29, 0.717) is 6.54 Å². The van der Waals surface area contributed by atoms with Crippen molar-refractivity contribution < 1.29 is 0 Å². The molecule has 6 nitrogen and oxygen atoms in total. The van der Waals surface area contributed by atoms with Gasteiger partial charge in [-0.3, -0.25) is 9.13 Å². The van der Waals surface area contributed by atoms with Gasteiger partial charge in [0.2, 0.25) is 0 Å². The number of rotatable bonds is 10. The molecule has 1 aromatic heterocycles. The van der Waals surface area contributed by atoms with Crippen LogP contribution in [0.3, 0.4) is 0 Å². The monoisotopic (exact) mass is 469 g/mol. The van der Waals surface area contributed by atoms with Crippen molar-refractivity contribution in [1.29, 1.82) is 0 Å². The van der Waals surface area contributed by atoms with Crippen molar-refractivity contribution in [3.63, 3.8) is 0 Å². The zero-order valence-electron chi connectivity index (χ0n) is 20.1. The van der Waals surface area contributed by atoms with Crippen LogP contribution in [0.15, 0.2) is 52.9 Å². The highest BCUT2D eigenvalue weighted by Crippen LogP contribution is 2.26. The van der Waals surface area contributed by atoms with Gasteiger partial charge in [0.05, 0.1) is 11.0 Å². The molecule has 2 aromatic rings. The summed E-state index contributed by atoms with van der Waals surface area (Å²) in [5.41, 5.74) is 9.08. The number of allylic oxidation sites excluding steroid dienone is 2. The number of nitrogens with two attached hydrogens (primary N) is 1. The van der Waals surface area contributed by atoms with Gasteiger partial charge in [-0.05, 0) is 75.0 Å². The Balaban J connectivity index is 1.65. The second-order valence-corrected chi connectivity index (χ2v) is 9.05. The fourth-order valence-corrected chi connectivity index (χ4v) is 4.82. The Bertz CT molecular complexity index is 1030. The van der Waals surface area contributed by atoms with Crippen molar-refractivity contribution in [1.82, 2.24) is 19.4 Å². The van der Waals surface area contributed by atoms with E-state index in [1.54, 1.807) is 0 Å². The molecule has 0 bridgehead atoms. The van der Waals surface area contributed by atoms with Crippen molar-refractivity contribution in [2.75, 3.05) is 26.2 Å². The van der Waals surface area contributed by atoms with Crippen LogP contribution >= 0.6 is 12.2 Å². The van der Waals surface area contributed by atoms with Crippen molar-refractivity contribution in [2.45, 2.75) is 65.0 Å². The number of nitrogens with one attached hydrogen (secondary N) is 1. The Morgan fingerprint density at radius 1 is 1.15 bits per heavy atom. The first-order chi connectivity index (χ1) is 16.1. The largest absolute Gasteiger partial charge is 0.359 e. The smallest absolute Gasteiger partial charge is 0.329 e. The Kier molecular flexibility index (Phi) is 9.76. The Morgan fingerprint density at radius 3 is 2.55 bits per heavy atom. The van der Waals surface area contributed by atoms with Gasteiger partial charge in [-0.1, -0.05) is 44.2 Å². The predicted molar refractivity (Wildman–Crippen MR) is 143 cm³/mol. The van der Waals surface area contributed by atoms with Crippen LogP contribution in [0.25, 0.3) is 11.0 Å².